The summed E-state index contributed by atoms with van der Waals surface area (Å²) < 4.78 is 24.7. The zero-order chi connectivity index (χ0) is 13.0. The van der Waals surface area contributed by atoms with Gasteiger partial charge in [-0.25, -0.2) is 4.39 Å². The molecule has 18 heavy (non-hydrogen) atoms. The Bertz CT molecular complexity index is 397. The molecular formula is C14H20FNO2. The first-order chi connectivity index (χ1) is 8.69. The van der Waals surface area contributed by atoms with Crippen molar-refractivity contribution in [2.24, 2.45) is 0 Å². The van der Waals surface area contributed by atoms with Gasteiger partial charge in [-0.05, 0) is 37.8 Å². The van der Waals surface area contributed by atoms with Crippen LogP contribution in [0.4, 0.5) is 10.1 Å². The number of anilines is 1. The number of methoxy groups -OCH3 is 1. The number of benzene rings is 1. The Morgan fingerprint density at radius 1 is 1.33 bits per heavy atom. The van der Waals surface area contributed by atoms with Crippen LogP contribution in [0.2, 0.25) is 0 Å². The summed E-state index contributed by atoms with van der Waals surface area (Å²) in [5.41, 5.74) is 6.50. The highest BCUT2D eigenvalue weighted by Crippen LogP contribution is 2.24. The van der Waals surface area contributed by atoms with E-state index < -0.39 is 0 Å². The van der Waals surface area contributed by atoms with Crippen LogP contribution in [0, 0.1) is 5.82 Å². The Kier molecular flexibility index (Phi) is 4.55. The Morgan fingerprint density at radius 3 is 2.83 bits per heavy atom. The number of ether oxygens (including phenoxy) is 2. The van der Waals surface area contributed by atoms with E-state index in [9.17, 15) is 4.39 Å². The van der Waals surface area contributed by atoms with Crippen LogP contribution in [0.3, 0.4) is 0 Å². The maximum Gasteiger partial charge on any atom is 0.130 e. The van der Waals surface area contributed by atoms with Crippen molar-refractivity contribution in [2.75, 3.05) is 12.8 Å². The first-order valence-electron chi connectivity index (χ1n) is 6.37. The third kappa shape index (κ3) is 3.43. The second-order valence-electron chi connectivity index (χ2n) is 4.81. The van der Waals surface area contributed by atoms with E-state index in [0.717, 1.165) is 25.7 Å². The summed E-state index contributed by atoms with van der Waals surface area (Å²) in [5, 5.41) is 0. The van der Waals surface area contributed by atoms with Gasteiger partial charge in [0.15, 0.2) is 0 Å². The fourth-order valence-electron chi connectivity index (χ4n) is 2.36. The lowest BCUT2D eigenvalue weighted by molar-refractivity contribution is -0.0369. The molecule has 1 aromatic carbocycles. The van der Waals surface area contributed by atoms with Crippen molar-refractivity contribution in [2.45, 2.75) is 44.5 Å². The lowest BCUT2D eigenvalue weighted by Gasteiger charge is -2.28. The molecule has 0 spiro atoms. The van der Waals surface area contributed by atoms with Crippen molar-refractivity contribution in [1.82, 2.24) is 0 Å². The van der Waals surface area contributed by atoms with Crippen LogP contribution in [-0.2, 0) is 16.1 Å². The lowest BCUT2D eigenvalue weighted by atomic mass is 9.95. The third-order valence-electron chi connectivity index (χ3n) is 3.46. The Morgan fingerprint density at radius 2 is 2.11 bits per heavy atom. The first kappa shape index (κ1) is 13.3. The molecule has 2 rings (SSSR count). The maximum absolute atomic E-state index is 13.6. The van der Waals surface area contributed by atoms with Gasteiger partial charge in [-0.3, -0.25) is 0 Å². The Hall–Kier alpha value is -1.13. The second kappa shape index (κ2) is 6.16. The van der Waals surface area contributed by atoms with Crippen molar-refractivity contribution in [3.63, 3.8) is 0 Å². The summed E-state index contributed by atoms with van der Waals surface area (Å²) in [7, 11) is 1.73. The van der Waals surface area contributed by atoms with E-state index in [2.05, 4.69) is 0 Å². The van der Waals surface area contributed by atoms with Gasteiger partial charge in [0, 0.05) is 18.4 Å². The van der Waals surface area contributed by atoms with E-state index in [1.807, 2.05) is 0 Å². The fourth-order valence-corrected chi connectivity index (χ4v) is 2.36. The van der Waals surface area contributed by atoms with Gasteiger partial charge >= 0.3 is 0 Å². The molecule has 1 aromatic rings. The van der Waals surface area contributed by atoms with Crippen molar-refractivity contribution in [3.05, 3.63) is 29.6 Å². The van der Waals surface area contributed by atoms with E-state index in [1.54, 1.807) is 19.2 Å². The molecule has 0 aliphatic heterocycles. The van der Waals surface area contributed by atoms with Gasteiger partial charge in [0.1, 0.15) is 5.82 Å². The molecule has 2 atom stereocenters. The molecule has 1 saturated carbocycles. The molecule has 1 aliphatic rings. The molecule has 4 heteroatoms. The highest BCUT2D eigenvalue weighted by atomic mass is 19.1. The van der Waals surface area contributed by atoms with Crippen LogP contribution < -0.4 is 5.73 Å². The van der Waals surface area contributed by atoms with Gasteiger partial charge < -0.3 is 15.2 Å². The molecule has 2 N–H and O–H groups in total. The highest BCUT2D eigenvalue weighted by molar-refractivity contribution is 5.40. The number of hydrogen-bond donors (Lipinski definition) is 1. The van der Waals surface area contributed by atoms with Crippen LogP contribution in [-0.4, -0.2) is 19.3 Å². The minimum atomic E-state index is -0.297. The molecule has 2 unspecified atom stereocenters. The Balaban J connectivity index is 1.87. The zero-order valence-electron chi connectivity index (χ0n) is 10.7. The summed E-state index contributed by atoms with van der Waals surface area (Å²) in [6, 6.07) is 4.71. The summed E-state index contributed by atoms with van der Waals surface area (Å²) in [4.78, 5) is 0. The smallest absolute Gasteiger partial charge is 0.130 e. The van der Waals surface area contributed by atoms with Crippen molar-refractivity contribution in [3.8, 4) is 0 Å². The molecule has 0 saturated heterocycles. The largest absolute Gasteiger partial charge is 0.399 e. The standard InChI is InChI=1S/C14H20FNO2/c1-17-12-3-2-4-13(8-12)18-9-10-5-6-11(16)7-14(10)15/h5-7,12-13H,2-4,8-9,16H2,1H3. The van der Waals surface area contributed by atoms with E-state index in [0.29, 0.717) is 17.9 Å². The minimum absolute atomic E-state index is 0.167. The molecule has 0 radical (unpaired) electrons. The molecule has 1 aliphatic carbocycles. The SMILES string of the molecule is COC1CCCC(OCc2ccc(N)cc2F)C1. The lowest BCUT2D eigenvalue weighted by Crippen LogP contribution is -2.27. The van der Waals surface area contributed by atoms with Crippen LogP contribution in [0.1, 0.15) is 31.2 Å². The average Bonchev–Trinajstić information content (AvgIpc) is 2.38. The topological polar surface area (TPSA) is 44.5 Å². The van der Waals surface area contributed by atoms with Gasteiger partial charge in [-0.1, -0.05) is 6.07 Å². The van der Waals surface area contributed by atoms with Gasteiger partial charge in [-0.2, -0.15) is 0 Å². The number of nitrogen functional groups attached to an aromatic ring is 1. The van der Waals surface area contributed by atoms with Crippen LogP contribution in [0.5, 0.6) is 0 Å². The molecule has 0 aromatic heterocycles. The van der Waals surface area contributed by atoms with Crippen LogP contribution in [0.15, 0.2) is 18.2 Å². The summed E-state index contributed by atoms with van der Waals surface area (Å²) >= 11 is 0. The van der Waals surface area contributed by atoms with E-state index in [-0.39, 0.29) is 18.0 Å². The average molecular weight is 253 g/mol. The molecule has 0 heterocycles. The maximum atomic E-state index is 13.6. The molecule has 0 bridgehead atoms. The Labute approximate surface area is 107 Å². The van der Waals surface area contributed by atoms with Crippen molar-refractivity contribution < 1.29 is 13.9 Å². The predicted octanol–water partition coefficient (Wildman–Crippen LogP) is 2.88. The first-order valence-corrected chi connectivity index (χ1v) is 6.37. The van der Waals surface area contributed by atoms with Gasteiger partial charge in [0.05, 0.1) is 18.8 Å². The monoisotopic (exact) mass is 253 g/mol. The zero-order valence-corrected chi connectivity index (χ0v) is 10.7. The van der Waals surface area contributed by atoms with Crippen LogP contribution >= 0.6 is 0 Å². The molecular weight excluding hydrogens is 233 g/mol. The van der Waals surface area contributed by atoms with Crippen LogP contribution in [0.25, 0.3) is 0 Å². The molecule has 0 amide bonds. The summed E-state index contributed by atoms with van der Waals surface area (Å²) in [5.74, 6) is -0.297. The minimum Gasteiger partial charge on any atom is -0.399 e. The van der Waals surface area contributed by atoms with Crippen molar-refractivity contribution >= 4 is 5.69 Å². The third-order valence-corrected chi connectivity index (χ3v) is 3.46. The molecule has 100 valence electrons. The molecule has 3 nitrogen and oxygen atoms in total. The van der Waals surface area contributed by atoms with Gasteiger partial charge in [0.2, 0.25) is 0 Å². The second-order valence-corrected chi connectivity index (χ2v) is 4.81. The quantitative estimate of drug-likeness (QED) is 0.839. The van der Waals surface area contributed by atoms with Gasteiger partial charge in [0.25, 0.3) is 0 Å². The van der Waals surface area contributed by atoms with E-state index in [4.69, 9.17) is 15.2 Å². The highest BCUT2D eigenvalue weighted by Gasteiger charge is 2.22. The van der Waals surface area contributed by atoms with Crippen molar-refractivity contribution in [1.29, 1.82) is 0 Å². The number of nitrogens with two attached hydrogens (primary N) is 1. The number of hydrogen-bond acceptors (Lipinski definition) is 3. The van der Waals surface area contributed by atoms with E-state index in [1.165, 1.54) is 6.07 Å². The number of halogens is 1. The number of rotatable bonds is 4. The fraction of sp³-hybridized carbons (Fsp3) is 0.571. The summed E-state index contributed by atoms with van der Waals surface area (Å²) in [6.07, 6.45) is 4.56. The normalized spacial score (nSPS) is 24.1. The summed E-state index contributed by atoms with van der Waals surface area (Å²) in [6.45, 7) is 0.299. The predicted molar refractivity (Wildman–Crippen MR) is 68.7 cm³/mol. The van der Waals surface area contributed by atoms with E-state index >= 15 is 0 Å². The van der Waals surface area contributed by atoms with Gasteiger partial charge in [-0.15, -0.1) is 0 Å². The molecule has 1 fully saturated rings.